The molecule has 0 atom stereocenters. The zero-order valence-corrected chi connectivity index (χ0v) is 18.5. The summed E-state index contributed by atoms with van der Waals surface area (Å²) in [5.74, 6) is 0.361. The van der Waals surface area contributed by atoms with Crippen molar-refractivity contribution in [1.82, 2.24) is 0 Å². The maximum Gasteiger partial charge on any atom is 0.333 e. The highest BCUT2D eigenvalue weighted by atomic mass is 16.6. The third-order valence-electron chi connectivity index (χ3n) is 4.99. The SMILES string of the molecule is C=C(C)C(=O)OCCOc1cc(-c2ccc(CCC)cc2CC)ccc1CCCO. The third kappa shape index (κ3) is 6.74. The molecule has 2 aromatic rings. The first-order valence-corrected chi connectivity index (χ1v) is 10.8. The normalized spacial score (nSPS) is 10.7. The summed E-state index contributed by atoms with van der Waals surface area (Å²) in [5.41, 5.74) is 6.43. The second kappa shape index (κ2) is 12.2. The Labute approximate surface area is 180 Å². The Bertz CT molecular complexity index is 854. The summed E-state index contributed by atoms with van der Waals surface area (Å²) in [7, 11) is 0. The van der Waals surface area contributed by atoms with Crippen LogP contribution in [0.3, 0.4) is 0 Å². The van der Waals surface area contributed by atoms with Gasteiger partial charge >= 0.3 is 5.97 Å². The summed E-state index contributed by atoms with van der Waals surface area (Å²) >= 11 is 0. The predicted octanol–water partition coefficient (Wildman–Crippen LogP) is 5.29. The van der Waals surface area contributed by atoms with Crippen molar-refractivity contribution in [2.24, 2.45) is 0 Å². The van der Waals surface area contributed by atoms with Crippen molar-refractivity contribution in [3.63, 3.8) is 0 Å². The molecule has 0 fully saturated rings. The lowest BCUT2D eigenvalue weighted by Gasteiger charge is -2.16. The van der Waals surface area contributed by atoms with E-state index in [9.17, 15) is 9.90 Å². The van der Waals surface area contributed by atoms with Crippen LogP contribution in [0.4, 0.5) is 0 Å². The molecule has 0 aliphatic carbocycles. The minimum Gasteiger partial charge on any atom is -0.490 e. The highest BCUT2D eigenvalue weighted by Gasteiger charge is 2.11. The predicted molar refractivity (Wildman–Crippen MR) is 122 cm³/mol. The summed E-state index contributed by atoms with van der Waals surface area (Å²) < 4.78 is 11.1. The molecule has 2 aromatic carbocycles. The minimum atomic E-state index is -0.410. The maximum atomic E-state index is 11.5. The number of hydrogen-bond donors (Lipinski definition) is 1. The molecule has 0 saturated carbocycles. The van der Waals surface area contributed by atoms with Gasteiger partial charge in [0.15, 0.2) is 0 Å². The van der Waals surface area contributed by atoms with Gasteiger partial charge in [-0.05, 0) is 66.5 Å². The fourth-order valence-corrected chi connectivity index (χ4v) is 3.41. The Morgan fingerprint density at radius 3 is 2.50 bits per heavy atom. The molecule has 0 aliphatic rings. The van der Waals surface area contributed by atoms with E-state index in [1.807, 2.05) is 0 Å². The van der Waals surface area contributed by atoms with Gasteiger partial charge in [-0.2, -0.15) is 0 Å². The van der Waals surface area contributed by atoms with Gasteiger partial charge in [-0.3, -0.25) is 0 Å². The molecule has 0 unspecified atom stereocenters. The Kier molecular flexibility index (Phi) is 9.62. The molecule has 4 nitrogen and oxygen atoms in total. The molecule has 2 rings (SSSR count). The van der Waals surface area contributed by atoms with Gasteiger partial charge < -0.3 is 14.6 Å². The topological polar surface area (TPSA) is 55.8 Å². The van der Waals surface area contributed by atoms with Crippen LogP contribution in [0.5, 0.6) is 5.75 Å². The Morgan fingerprint density at radius 1 is 1.03 bits per heavy atom. The summed E-state index contributed by atoms with van der Waals surface area (Å²) in [6.45, 7) is 10.1. The van der Waals surface area contributed by atoms with Crippen LogP contribution >= 0.6 is 0 Å². The number of aryl methyl sites for hydroxylation is 3. The molecule has 0 aliphatic heterocycles. The van der Waals surface area contributed by atoms with Gasteiger partial charge in [-0.15, -0.1) is 0 Å². The molecule has 0 aromatic heterocycles. The molecule has 0 amide bonds. The van der Waals surface area contributed by atoms with E-state index in [1.54, 1.807) is 6.92 Å². The van der Waals surface area contributed by atoms with E-state index in [0.717, 1.165) is 42.6 Å². The first-order chi connectivity index (χ1) is 14.5. The van der Waals surface area contributed by atoms with Gasteiger partial charge in [0, 0.05) is 12.2 Å². The highest BCUT2D eigenvalue weighted by molar-refractivity contribution is 5.86. The fourth-order valence-electron chi connectivity index (χ4n) is 3.41. The lowest BCUT2D eigenvalue weighted by atomic mass is 9.93. The number of ether oxygens (including phenoxy) is 2. The fraction of sp³-hybridized carbons (Fsp3) is 0.423. The van der Waals surface area contributed by atoms with Crippen LogP contribution < -0.4 is 4.74 Å². The third-order valence-corrected chi connectivity index (χ3v) is 4.99. The highest BCUT2D eigenvalue weighted by Crippen LogP contribution is 2.31. The molecule has 30 heavy (non-hydrogen) atoms. The number of carbonyl (C=O) groups is 1. The van der Waals surface area contributed by atoms with Crippen LogP contribution in [0.25, 0.3) is 11.1 Å². The first kappa shape index (κ1) is 23.7. The Balaban J connectivity index is 2.24. The van der Waals surface area contributed by atoms with Gasteiger partial charge in [-0.25, -0.2) is 4.79 Å². The second-order valence-corrected chi connectivity index (χ2v) is 7.51. The van der Waals surface area contributed by atoms with Gasteiger partial charge in [0.2, 0.25) is 0 Å². The van der Waals surface area contributed by atoms with E-state index >= 15 is 0 Å². The molecule has 0 radical (unpaired) electrons. The van der Waals surface area contributed by atoms with Crippen LogP contribution in [-0.4, -0.2) is 30.9 Å². The van der Waals surface area contributed by atoms with E-state index in [1.165, 1.54) is 16.7 Å². The zero-order chi connectivity index (χ0) is 21.9. The van der Waals surface area contributed by atoms with Gasteiger partial charge in [0.1, 0.15) is 19.0 Å². The minimum absolute atomic E-state index is 0.135. The van der Waals surface area contributed by atoms with Crippen molar-refractivity contribution in [1.29, 1.82) is 0 Å². The van der Waals surface area contributed by atoms with Crippen LogP contribution in [0.2, 0.25) is 0 Å². The average Bonchev–Trinajstić information content (AvgIpc) is 2.75. The quantitative estimate of drug-likeness (QED) is 0.293. The number of aliphatic hydroxyl groups is 1. The van der Waals surface area contributed by atoms with Crippen LogP contribution in [0, 0.1) is 0 Å². The monoisotopic (exact) mass is 410 g/mol. The van der Waals surface area contributed by atoms with Crippen molar-refractivity contribution in [3.05, 3.63) is 65.2 Å². The summed E-state index contributed by atoms with van der Waals surface area (Å²) in [4.78, 5) is 11.5. The summed E-state index contributed by atoms with van der Waals surface area (Å²) in [6.07, 6.45) is 4.59. The van der Waals surface area contributed by atoms with Crippen molar-refractivity contribution < 1.29 is 19.4 Å². The number of benzene rings is 2. The molecule has 0 heterocycles. The molecule has 0 saturated heterocycles. The number of aliphatic hydroxyl groups excluding tert-OH is 1. The van der Waals surface area contributed by atoms with E-state index in [0.29, 0.717) is 12.0 Å². The number of esters is 1. The van der Waals surface area contributed by atoms with Crippen molar-refractivity contribution in [2.75, 3.05) is 19.8 Å². The molecular formula is C26H34O4. The maximum absolute atomic E-state index is 11.5. The van der Waals surface area contributed by atoms with Gasteiger partial charge in [0.05, 0.1) is 0 Å². The van der Waals surface area contributed by atoms with Crippen molar-refractivity contribution >= 4 is 5.97 Å². The summed E-state index contributed by atoms with van der Waals surface area (Å²) in [6, 6.07) is 13.0. The number of hydrogen-bond acceptors (Lipinski definition) is 4. The Morgan fingerprint density at radius 2 is 1.83 bits per heavy atom. The molecular weight excluding hydrogens is 376 g/mol. The standard InChI is InChI=1S/C26H34O4/c1-5-8-20-10-13-24(21(6-2)17-20)23-12-11-22(9-7-14-27)25(18-23)29-15-16-30-26(28)19(3)4/h10-13,17-18,27H,3,5-9,14-16H2,1-2,4H3. The first-order valence-electron chi connectivity index (χ1n) is 10.8. The molecule has 1 N–H and O–H groups in total. The lowest BCUT2D eigenvalue weighted by Crippen LogP contribution is -2.13. The van der Waals surface area contributed by atoms with E-state index in [4.69, 9.17) is 9.47 Å². The Hall–Kier alpha value is -2.59. The second-order valence-electron chi connectivity index (χ2n) is 7.51. The molecule has 0 bridgehead atoms. The van der Waals surface area contributed by atoms with E-state index < -0.39 is 5.97 Å². The van der Waals surface area contributed by atoms with Gasteiger partial charge in [-0.1, -0.05) is 57.2 Å². The van der Waals surface area contributed by atoms with Gasteiger partial charge in [0.25, 0.3) is 0 Å². The zero-order valence-electron chi connectivity index (χ0n) is 18.5. The number of carbonyl (C=O) groups excluding carboxylic acids is 1. The smallest absolute Gasteiger partial charge is 0.333 e. The van der Waals surface area contributed by atoms with Crippen molar-refractivity contribution in [2.45, 2.75) is 52.9 Å². The summed E-state index contributed by atoms with van der Waals surface area (Å²) in [5, 5.41) is 9.21. The van der Waals surface area contributed by atoms with Crippen LogP contribution in [0.1, 0.15) is 50.3 Å². The van der Waals surface area contributed by atoms with E-state index in [2.05, 4.69) is 56.8 Å². The largest absolute Gasteiger partial charge is 0.490 e. The molecule has 0 spiro atoms. The lowest BCUT2D eigenvalue weighted by molar-refractivity contribution is -0.139. The molecule has 162 valence electrons. The molecule has 4 heteroatoms. The number of rotatable bonds is 12. The average molecular weight is 411 g/mol. The van der Waals surface area contributed by atoms with E-state index in [-0.39, 0.29) is 19.8 Å². The van der Waals surface area contributed by atoms with Crippen molar-refractivity contribution in [3.8, 4) is 16.9 Å². The van der Waals surface area contributed by atoms with Crippen LogP contribution in [0.15, 0.2) is 48.6 Å². The van der Waals surface area contributed by atoms with Crippen LogP contribution in [-0.2, 0) is 28.8 Å².